The number of carbonyl (C=O) groups excluding carboxylic acids is 1. The molecule has 1 aliphatic rings. The summed E-state index contributed by atoms with van der Waals surface area (Å²) in [5, 5.41) is 11.3. The van der Waals surface area contributed by atoms with Crippen LogP contribution in [0.25, 0.3) is 0 Å². The highest BCUT2D eigenvalue weighted by atomic mass is 32.2. The maximum Gasteiger partial charge on any atom is 0.277 e. The van der Waals surface area contributed by atoms with E-state index >= 15 is 0 Å². The SMILES string of the molecule is CCc1ccc(NC(=O)CSc2nnc(CN3CCOCC3)o2)cc1. The van der Waals surface area contributed by atoms with Gasteiger partial charge in [-0.3, -0.25) is 9.69 Å². The lowest BCUT2D eigenvalue weighted by atomic mass is 10.1. The Labute approximate surface area is 151 Å². The Morgan fingerprint density at radius 3 is 2.72 bits per heavy atom. The van der Waals surface area contributed by atoms with Crippen molar-refractivity contribution in [3.8, 4) is 0 Å². The van der Waals surface area contributed by atoms with E-state index in [1.165, 1.54) is 17.3 Å². The number of aryl methyl sites for hydroxylation is 1. The van der Waals surface area contributed by atoms with E-state index in [1.54, 1.807) is 0 Å². The monoisotopic (exact) mass is 362 g/mol. The molecule has 1 aromatic heterocycles. The van der Waals surface area contributed by atoms with Crippen LogP contribution < -0.4 is 5.32 Å². The van der Waals surface area contributed by atoms with Crippen molar-refractivity contribution < 1.29 is 13.9 Å². The minimum Gasteiger partial charge on any atom is -0.415 e. The zero-order valence-electron chi connectivity index (χ0n) is 14.2. The molecule has 25 heavy (non-hydrogen) atoms. The van der Waals surface area contributed by atoms with Gasteiger partial charge in [-0.25, -0.2) is 0 Å². The standard InChI is InChI=1S/C17H22N4O3S/c1-2-13-3-5-14(6-4-13)18-15(22)12-25-17-20-19-16(24-17)11-21-7-9-23-10-8-21/h3-6H,2,7-12H2,1H3,(H,18,22). The van der Waals surface area contributed by atoms with Gasteiger partial charge < -0.3 is 14.5 Å². The van der Waals surface area contributed by atoms with E-state index in [2.05, 4.69) is 27.3 Å². The van der Waals surface area contributed by atoms with Crippen LogP contribution in [0.5, 0.6) is 0 Å². The van der Waals surface area contributed by atoms with E-state index in [-0.39, 0.29) is 11.7 Å². The van der Waals surface area contributed by atoms with Crippen LogP contribution >= 0.6 is 11.8 Å². The number of nitrogens with zero attached hydrogens (tertiary/aromatic N) is 3. The van der Waals surface area contributed by atoms with Gasteiger partial charge in [0, 0.05) is 18.8 Å². The number of benzene rings is 1. The minimum absolute atomic E-state index is 0.0952. The lowest BCUT2D eigenvalue weighted by Crippen LogP contribution is -2.35. The van der Waals surface area contributed by atoms with Crippen LogP contribution in [0.1, 0.15) is 18.4 Å². The third-order valence-electron chi connectivity index (χ3n) is 3.88. The molecule has 0 bridgehead atoms. The number of ether oxygens (including phenoxy) is 1. The molecule has 0 radical (unpaired) electrons. The lowest BCUT2D eigenvalue weighted by Gasteiger charge is -2.24. The van der Waals surface area contributed by atoms with E-state index in [4.69, 9.17) is 9.15 Å². The van der Waals surface area contributed by atoms with Gasteiger partial charge in [0.05, 0.1) is 25.5 Å². The molecule has 0 atom stereocenters. The van der Waals surface area contributed by atoms with Crippen LogP contribution in [0.2, 0.25) is 0 Å². The Morgan fingerprint density at radius 1 is 1.24 bits per heavy atom. The average Bonchev–Trinajstić information content (AvgIpc) is 3.09. The summed E-state index contributed by atoms with van der Waals surface area (Å²) in [6.07, 6.45) is 0.980. The van der Waals surface area contributed by atoms with Crippen molar-refractivity contribution in [2.45, 2.75) is 25.1 Å². The van der Waals surface area contributed by atoms with E-state index in [0.29, 0.717) is 17.7 Å². The molecule has 1 aliphatic heterocycles. The van der Waals surface area contributed by atoms with Crippen LogP contribution in [0, 0.1) is 0 Å². The summed E-state index contributed by atoms with van der Waals surface area (Å²) in [7, 11) is 0. The molecule has 3 rings (SSSR count). The summed E-state index contributed by atoms with van der Waals surface area (Å²) in [4.78, 5) is 14.2. The highest BCUT2D eigenvalue weighted by molar-refractivity contribution is 7.99. The van der Waals surface area contributed by atoms with E-state index in [9.17, 15) is 4.79 Å². The molecule has 1 amide bonds. The summed E-state index contributed by atoms with van der Waals surface area (Å²) in [6, 6.07) is 7.85. The summed E-state index contributed by atoms with van der Waals surface area (Å²) < 4.78 is 10.9. The molecule has 2 heterocycles. The predicted octanol–water partition coefficient (Wildman–Crippen LogP) is 2.20. The van der Waals surface area contributed by atoms with E-state index < -0.39 is 0 Å². The molecule has 1 N–H and O–H groups in total. The van der Waals surface area contributed by atoms with Gasteiger partial charge in [0.2, 0.25) is 11.8 Å². The van der Waals surface area contributed by atoms with Gasteiger partial charge in [-0.15, -0.1) is 10.2 Å². The third kappa shape index (κ3) is 5.55. The van der Waals surface area contributed by atoms with Crippen LogP contribution in [0.4, 0.5) is 5.69 Å². The number of thioether (sulfide) groups is 1. The first-order valence-electron chi connectivity index (χ1n) is 8.37. The van der Waals surface area contributed by atoms with Crippen molar-refractivity contribution in [1.29, 1.82) is 0 Å². The maximum absolute atomic E-state index is 12.0. The Morgan fingerprint density at radius 2 is 2.00 bits per heavy atom. The van der Waals surface area contributed by atoms with Crippen LogP contribution in [0.3, 0.4) is 0 Å². The molecule has 0 aliphatic carbocycles. The number of carbonyl (C=O) groups is 1. The normalized spacial score (nSPS) is 15.2. The molecule has 8 heteroatoms. The van der Waals surface area contributed by atoms with Gasteiger partial charge >= 0.3 is 0 Å². The first kappa shape index (κ1) is 17.9. The number of rotatable bonds is 7. The molecular weight excluding hydrogens is 340 g/mol. The molecule has 134 valence electrons. The second-order valence-electron chi connectivity index (χ2n) is 5.74. The number of anilines is 1. The van der Waals surface area contributed by atoms with Gasteiger partial charge in [-0.2, -0.15) is 0 Å². The molecular formula is C17H22N4O3S. The number of hydrogen-bond donors (Lipinski definition) is 1. The average molecular weight is 362 g/mol. The summed E-state index contributed by atoms with van der Waals surface area (Å²) >= 11 is 1.24. The number of amides is 1. The molecule has 1 fully saturated rings. The number of hydrogen-bond acceptors (Lipinski definition) is 7. The summed E-state index contributed by atoms with van der Waals surface area (Å²) in [5.41, 5.74) is 2.03. The first-order chi connectivity index (χ1) is 12.2. The Balaban J connectivity index is 1.43. The number of morpholine rings is 1. The lowest BCUT2D eigenvalue weighted by molar-refractivity contribution is -0.113. The molecule has 0 spiro atoms. The van der Waals surface area contributed by atoms with Crippen molar-refractivity contribution in [3.05, 3.63) is 35.7 Å². The fourth-order valence-corrected chi connectivity index (χ4v) is 3.04. The van der Waals surface area contributed by atoms with Crippen molar-refractivity contribution in [3.63, 3.8) is 0 Å². The molecule has 0 unspecified atom stereocenters. The fourth-order valence-electron chi connectivity index (χ4n) is 2.46. The maximum atomic E-state index is 12.0. The van der Waals surface area contributed by atoms with Gasteiger partial charge in [0.15, 0.2) is 0 Å². The molecule has 0 saturated carbocycles. The van der Waals surface area contributed by atoms with Crippen molar-refractivity contribution in [2.24, 2.45) is 0 Å². The van der Waals surface area contributed by atoms with Gasteiger partial charge in [-0.1, -0.05) is 30.8 Å². The van der Waals surface area contributed by atoms with Crippen molar-refractivity contribution >= 4 is 23.4 Å². The zero-order valence-corrected chi connectivity index (χ0v) is 15.1. The second-order valence-corrected chi connectivity index (χ2v) is 6.66. The molecule has 1 saturated heterocycles. The van der Waals surface area contributed by atoms with Crippen LogP contribution in [-0.2, 0) is 22.5 Å². The fraction of sp³-hybridized carbons (Fsp3) is 0.471. The summed E-state index contributed by atoms with van der Waals surface area (Å²) in [6.45, 7) is 5.91. The van der Waals surface area contributed by atoms with Gasteiger partial charge in [-0.05, 0) is 24.1 Å². The molecule has 7 nitrogen and oxygen atoms in total. The predicted molar refractivity (Wildman–Crippen MR) is 95.6 cm³/mol. The molecule has 1 aromatic carbocycles. The van der Waals surface area contributed by atoms with Crippen LogP contribution in [0.15, 0.2) is 33.9 Å². The highest BCUT2D eigenvalue weighted by Crippen LogP contribution is 2.18. The van der Waals surface area contributed by atoms with Gasteiger partial charge in [0.1, 0.15) is 0 Å². The topological polar surface area (TPSA) is 80.5 Å². The van der Waals surface area contributed by atoms with Gasteiger partial charge in [0.25, 0.3) is 5.22 Å². The summed E-state index contributed by atoms with van der Waals surface area (Å²) in [5.74, 6) is 0.705. The number of aromatic nitrogens is 2. The second kappa shape index (κ2) is 8.98. The first-order valence-corrected chi connectivity index (χ1v) is 9.35. The van der Waals surface area contributed by atoms with Crippen molar-refractivity contribution in [1.82, 2.24) is 15.1 Å². The van der Waals surface area contributed by atoms with E-state index in [0.717, 1.165) is 38.4 Å². The quantitative estimate of drug-likeness (QED) is 0.756. The van der Waals surface area contributed by atoms with Crippen molar-refractivity contribution in [2.75, 3.05) is 37.4 Å². The van der Waals surface area contributed by atoms with Crippen LogP contribution in [-0.4, -0.2) is 53.1 Å². The highest BCUT2D eigenvalue weighted by Gasteiger charge is 2.15. The Hall–Kier alpha value is -1.90. The Bertz CT molecular complexity index is 683. The molecule has 2 aromatic rings. The Kier molecular flexibility index (Phi) is 6.43. The largest absolute Gasteiger partial charge is 0.415 e. The third-order valence-corrected chi connectivity index (χ3v) is 4.70. The smallest absolute Gasteiger partial charge is 0.277 e. The zero-order chi connectivity index (χ0) is 17.5. The minimum atomic E-state index is -0.0952. The number of nitrogens with one attached hydrogen (secondary N) is 1. The van der Waals surface area contributed by atoms with E-state index in [1.807, 2.05) is 24.3 Å².